The Kier molecular flexibility index (Phi) is 7.04. The minimum atomic E-state index is 0.614. The monoisotopic (exact) mass is 319 g/mol. The molecule has 128 valence electrons. The summed E-state index contributed by atoms with van der Waals surface area (Å²) in [5, 5.41) is 6.72. The Hall–Kier alpha value is -1.91. The molecule has 1 aliphatic rings. The smallest absolute Gasteiger partial charge is 0.191 e. The van der Waals surface area contributed by atoms with E-state index in [1.54, 1.807) is 0 Å². The Morgan fingerprint density at radius 2 is 1.87 bits per heavy atom. The van der Waals surface area contributed by atoms with Gasteiger partial charge in [-0.25, -0.2) is 0 Å². The lowest BCUT2D eigenvalue weighted by Crippen LogP contribution is -2.38. The Labute approximate surface area is 139 Å². The van der Waals surface area contributed by atoms with Gasteiger partial charge in [-0.1, -0.05) is 6.07 Å². The molecule has 0 radical (unpaired) electrons. The van der Waals surface area contributed by atoms with Crippen molar-refractivity contribution in [1.82, 2.24) is 10.6 Å². The number of hydrogen-bond acceptors (Lipinski definition) is 3. The van der Waals surface area contributed by atoms with Crippen LogP contribution >= 0.6 is 0 Å². The Morgan fingerprint density at radius 1 is 1.13 bits per heavy atom. The van der Waals surface area contributed by atoms with Crippen LogP contribution in [0, 0.1) is 0 Å². The van der Waals surface area contributed by atoms with Crippen molar-refractivity contribution in [2.24, 2.45) is 4.99 Å². The zero-order valence-electron chi connectivity index (χ0n) is 14.5. The van der Waals surface area contributed by atoms with Crippen molar-refractivity contribution in [3.05, 3.63) is 23.8 Å². The third-order valence-corrected chi connectivity index (χ3v) is 3.54. The summed E-state index contributed by atoms with van der Waals surface area (Å²) in [5.74, 6) is 2.55. The molecule has 0 unspecified atom stereocenters. The van der Waals surface area contributed by atoms with Crippen LogP contribution in [0.1, 0.15) is 39.2 Å². The predicted octanol–water partition coefficient (Wildman–Crippen LogP) is 2.74. The first-order valence-corrected chi connectivity index (χ1v) is 8.70. The van der Waals surface area contributed by atoms with E-state index in [0.717, 1.165) is 37.0 Å². The molecule has 0 saturated heterocycles. The Balaban J connectivity index is 1.94. The maximum absolute atomic E-state index is 5.67. The van der Waals surface area contributed by atoms with E-state index >= 15 is 0 Å². The van der Waals surface area contributed by atoms with Crippen LogP contribution in [0.2, 0.25) is 0 Å². The number of aliphatic imine (C=N–C) groups is 1. The van der Waals surface area contributed by atoms with Gasteiger partial charge in [-0.2, -0.15) is 0 Å². The number of nitrogens with one attached hydrogen (secondary N) is 2. The van der Waals surface area contributed by atoms with Gasteiger partial charge in [0, 0.05) is 19.1 Å². The van der Waals surface area contributed by atoms with Gasteiger partial charge >= 0.3 is 0 Å². The Bertz CT molecular complexity index is 513. The van der Waals surface area contributed by atoms with E-state index in [-0.39, 0.29) is 0 Å². The van der Waals surface area contributed by atoms with Crippen molar-refractivity contribution < 1.29 is 9.47 Å². The van der Waals surface area contributed by atoms with Crippen LogP contribution in [-0.4, -0.2) is 38.3 Å². The van der Waals surface area contributed by atoms with Gasteiger partial charge in [0.2, 0.25) is 0 Å². The van der Waals surface area contributed by atoms with E-state index < -0.39 is 0 Å². The van der Waals surface area contributed by atoms with E-state index in [4.69, 9.17) is 9.47 Å². The summed E-state index contributed by atoms with van der Waals surface area (Å²) in [6.45, 7) is 8.97. The van der Waals surface area contributed by atoms with Crippen molar-refractivity contribution in [1.29, 1.82) is 0 Å². The first-order valence-electron chi connectivity index (χ1n) is 8.70. The van der Waals surface area contributed by atoms with Gasteiger partial charge in [-0.05, 0) is 57.7 Å². The highest BCUT2D eigenvalue weighted by Crippen LogP contribution is 2.28. The molecule has 2 rings (SSSR count). The summed E-state index contributed by atoms with van der Waals surface area (Å²) in [7, 11) is 0. The van der Waals surface area contributed by atoms with Crippen LogP contribution in [0.5, 0.6) is 11.5 Å². The molecule has 23 heavy (non-hydrogen) atoms. The molecule has 0 atom stereocenters. The van der Waals surface area contributed by atoms with Gasteiger partial charge in [-0.3, -0.25) is 4.99 Å². The van der Waals surface area contributed by atoms with E-state index in [1.165, 1.54) is 18.4 Å². The molecule has 5 heteroatoms. The molecular weight excluding hydrogens is 290 g/mol. The molecule has 0 amide bonds. The van der Waals surface area contributed by atoms with Crippen LogP contribution in [0.25, 0.3) is 0 Å². The molecule has 1 saturated carbocycles. The summed E-state index contributed by atoms with van der Waals surface area (Å²) < 4.78 is 11.3. The lowest BCUT2D eigenvalue weighted by molar-refractivity contribution is 0.287. The van der Waals surface area contributed by atoms with Crippen molar-refractivity contribution in [3.8, 4) is 11.5 Å². The first-order chi connectivity index (χ1) is 11.3. The molecule has 0 heterocycles. The largest absolute Gasteiger partial charge is 0.490 e. The van der Waals surface area contributed by atoms with E-state index in [1.807, 2.05) is 19.9 Å². The summed E-state index contributed by atoms with van der Waals surface area (Å²) in [6.07, 6.45) is 3.38. The second-order valence-electron chi connectivity index (χ2n) is 5.58. The normalized spacial score (nSPS) is 14.5. The molecule has 1 aromatic rings. The summed E-state index contributed by atoms with van der Waals surface area (Å²) in [6, 6.07) is 6.75. The van der Waals surface area contributed by atoms with Gasteiger partial charge in [0.15, 0.2) is 17.5 Å². The lowest BCUT2D eigenvalue weighted by Gasteiger charge is -2.12. The zero-order valence-corrected chi connectivity index (χ0v) is 14.5. The van der Waals surface area contributed by atoms with Crippen molar-refractivity contribution in [2.45, 2.75) is 46.1 Å². The van der Waals surface area contributed by atoms with Crippen LogP contribution in [0.15, 0.2) is 23.2 Å². The number of rotatable bonds is 9. The number of guanidine groups is 1. The number of ether oxygens (including phenoxy) is 2. The van der Waals surface area contributed by atoms with Crippen molar-refractivity contribution in [3.63, 3.8) is 0 Å². The lowest BCUT2D eigenvalue weighted by atomic mass is 10.1. The van der Waals surface area contributed by atoms with E-state index in [9.17, 15) is 0 Å². The Morgan fingerprint density at radius 3 is 2.52 bits per heavy atom. The van der Waals surface area contributed by atoms with Gasteiger partial charge in [0.25, 0.3) is 0 Å². The fraction of sp³-hybridized carbons (Fsp3) is 0.611. The van der Waals surface area contributed by atoms with Crippen LogP contribution in [-0.2, 0) is 6.42 Å². The molecule has 0 spiro atoms. The molecule has 0 aliphatic heterocycles. The maximum Gasteiger partial charge on any atom is 0.191 e. The SMILES string of the molecule is CCNC(=NCCc1ccc(OCC)c(OCC)c1)NC1CC1. The van der Waals surface area contributed by atoms with Gasteiger partial charge in [0.05, 0.1) is 13.2 Å². The van der Waals surface area contributed by atoms with E-state index in [2.05, 4.69) is 34.7 Å². The summed E-state index contributed by atoms with van der Waals surface area (Å²) in [4.78, 5) is 4.65. The fourth-order valence-electron chi connectivity index (χ4n) is 2.29. The maximum atomic E-state index is 5.67. The quantitative estimate of drug-likeness (QED) is 0.543. The van der Waals surface area contributed by atoms with Crippen LogP contribution < -0.4 is 20.1 Å². The highest BCUT2D eigenvalue weighted by Gasteiger charge is 2.21. The number of nitrogens with zero attached hydrogens (tertiary/aromatic N) is 1. The average Bonchev–Trinajstić information content (AvgIpc) is 3.34. The van der Waals surface area contributed by atoms with Gasteiger partial charge in [0.1, 0.15) is 0 Å². The van der Waals surface area contributed by atoms with Gasteiger partial charge < -0.3 is 20.1 Å². The molecule has 1 aromatic carbocycles. The second-order valence-corrected chi connectivity index (χ2v) is 5.58. The highest BCUT2D eigenvalue weighted by molar-refractivity contribution is 5.80. The topological polar surface area (TPSA) is 54.9 Å². The number of hydrogen-bond donors (Lipinski definition) is 2. The highest BCUT2D eigenvalue weighted by atomic mass is 16.5. The molecule has 5 nitrogen and oxygen atoms in total. The number of benzene rings is 1. The van der Waals surface area contributed by atoms with Gasteiger partial charge in [-0.15, -0.1) is 0 Å². The van der Waals surface area contributed by atoms with Crippen molar-refractivity contribution >= 4 is 5.96 Å². The third kappa shape index (κ3) is 6.00. The third-order valence-electron chi connectivity index (χ3n) is 3.54. The fourth-order valence-corrected chi connectivity index (χ4v) is 2.29. The minimum absolute atomic E-state index is 0.614. The average molecular weight is 319 g/mol. The van der Waals surface area contributed by atoms with Crippen molar-refractivity contribution in [2.75, 3.05) is 26.3 Å². The molecule has 0 aromatic heterocycles. The van der Waals surface area contributed by atoms with E-state index in [0.29, 0.717) is 19.3 Å². The minimum Gasteiger partial charge on any atom is -0.490 e. The zero-order chi connectivity index (χ0) is 16.5. The molecule has 2 N–H and O–H groups in total. The second kappa shape index (κ2) is 9.28. The molecule has 1 aliphatic carbocycles. The standard InChI is InChI=1S/C18H29N3O2/c1-4-19-18(21-15-8-9-15)20-12-11-14-7-10-16(22-5-2)17(13-14)23-6-3/h7,10,13,15H,4-6,8-9,11-12H2,1-3H3,(H2,19,20,21). The molecular formula is C18H29N3O2. The summed E-state index contributed by atoms with van der Waals surface area (Å²) in [5.41, 5.74) is 1.21. The van der Waals surface area contributed by atoms with Crippen LogP contribution in [0.3, 0.4) is 0 Å². The first kappa shape index (κ1) is 17.4. The summed E-state index contributed by atoms with van der Waals surface area (Å²) >= 11 is 0. The molecule has 0 bridgehead atoms. The predicted molar refractivity (Wildman–Crippen MR) is 94.6 cm³/mol. The van der Waals surface area contributed by atoms with Crippen LogP contribution in [0.4, 0.5) is 0 Å². The molecule has 1 fully saturated rings.